The third kappa shape index (κ3) is 3.38. The van der Waals surface area contributed by atoms with Crippen molar-refractivity contribution < 1.29 is 4.74 Å². The van der Waals surface area contributed by atoms with E-state index in [4.69, 9.17) is 10.00 Å². The summed E-state index contributed by atoms with van der Waals surface area (Å²) in [5.41, 5.74) is 2.30. The summed E-state index contributed by atoms with van der Waals surface area (Å²) in [6, 6.07) is 10.6. The number of benzene rings is 1. The molecule has 1 aliphatic rings. The first kappa shape index (κ1) is 12.7. The highest BCUT2D eigenvalue weighted by Crippen LogP contribution is 2.19. The summed E-state index contributed by atoms with van der Waals surface area (Å²) in [7, 11) is 0. The molecule has 1 aliphatic heterocycles. The highest BCUT2D eigenvalue weighted by molar-refractivity contribution is 5.55. The van der Waals surface area contributed by atoms with E-state index in [-0.39, 0.29) is 5.92 Å². The van der Waals surface area contributed by atoms with Crippen molar-refractivity contribution in [1.82, 2.24) is 0 Å². The lowest BCUT2D eigenvalue weighted by Gasteiger charge is -2.29. The minimum atomic E-state index is 0.0314. The van der Waals surface area contributed by atoms with Crippen molar-refractivity contribution in [3.8, 4) is 6.07 Å². The van der Waals surface area contributed by atoms with E-state index in [0.717, 1.165) is 32.0 Å². The zero-order chi connectivity index (χ0) is 12.8. The molecule has 96 valence electrons. The van der Waals surface area contributed by atoms with Gasteiger partial charge in [0, 0.05) is 31.0 Å². The van der Waals surface area contributed by atoms with Gasteiger partial charge in [-0.1, -0.05) is 0 Å². The first-order valence-electron chi connectivity index (χ1n) is 6.36. The van der Waals surface area contributed by atoms with Crippen LogP contribution in [0.25, 0.3) is 0 Å². The lowest BCUT2D eigenvalue weighted by molar-refractivity contribution is 0.122. The summed E-state index contributed by atoms with van der Waals surface area (Å²) in [6.07, 6.45) is 0. The zero-order valence-corrected chi connectivity index (χ0v) is 10.7. The Morgan fingerprint density at radius 2 is 2.00 bits per heavy atom. The lowest BCUT2D eigenvalue weighted by atomic mass is 10.2. The average molecular weight is 245 g/mol. The molecule has 0 aromatic heterocycles. The smallest absolute Gasteiger partial charge is 0.0671 e. The molecule has 0 aliphatic carbocycles. The molecule has 4 nitrogen and oxygen atoms in total. The predicted octanol–water partition coefficient (Wildman–Crippen LogP) is 2.09. The minimum Gasteiger partial charge on any atom is -0.384 e. The van der Waals surface area contributed by atoms with Crippen molar-refractivity contribution in [2.45, 2.75) is 6.92 Å². The van der Waals surface area contributed by atoms with E-state index in [2.05, 4.69) is 40.6 Å². The summed E-state index contributed by atoms with van der Waals surface area (Å²) in [5, 5.41) is 12.0. The molecule has 1 aromatic rings. The maximum atomic E-state index is 8.72. The van der Waals surface area contributed by atoms with Gasteiger partial charge in [0.2, 0.25) is 0 Å². The van der Waals surface area contributed by atoms with Gasteiger partial charge in [-0.2, -0.15) is 5.26 Å². The molecule has 1 heterocycles. The number of morpholine rings is 1. The fourth-order valence-corrected chi connectivity index (χ4v) is 1.93. The van der Waals surface area contributed by atoms with Crippen molar-refractivity contribution in [2.24, 2.45) is 5.92 Å². The van der Waals surface area contributed by atoms with Crippen LogP contribution in [0.3, 0.4) is 0 Å². The minimum absolute atomic E-state index is 0.0314. The van der Waals surface area contributed by atoms with Crippen LogP contribution < -0.4 is 10.2 Å². The van der Waals surface area contributed by atoms with Gasteiger partial charge in [-0.3, -0.25) is 0 Å². The van der Waals surface area contributed by atoms with E-state index in [1.54, 1.807) is 0 Å². The number of hydrogen-bond donors (Lipinski definition) is 1. The van der Waals surface area contributed by atoms with Gasteiger partial charge in [-0.15, -0.1) is 0 Å². The van der Waals surface area contributed by atoms with Crippen LogP contribution in [-0.4, -0.2) is 32.8 Å². The Balaban J connectivity index is 1.90. The largest absolute Gasteiger partial charge is 0.384 e. The van der Waals surface area contributed by atoms with E-state index in [1.165, 1.54) is 5.69 Å². The molecular weight excluding hydrogens is 226 g/mol. The molecule has 0 spiro atoms. The van der Waals surface area contributed by atoms with Crippen LogP contribution in [0.5, 0.6) is 0 Å². The first-order chi connectivity index (χ1) is 8.79. The van der Waals surface area contributed by atoms with Crippen LogP contribution in [0.15, 0.2) is 24.3 Å². The van der Waals surface area contributed by atoms with Gasteiger partial charge in [0.05, 0.1) is 25.2 Å². The molecule has 1 fully saturated rings. The Kier molecular flexibility index (Phi) is 4.43. The molecule has 1 saturated heterocycles. The second-order valence-corrected chi connectivity index (χ2v) is 4.56. The summed E-state index contributed by atoms with van der Waals surface area (Å²) in [4.78, 5) is 2.32. The van der Waals surface area contributed by atoms with Crippen molar-refractivity contribution in [2.75, 3.05) is 43.1 Å². The Morgan fingerprint density at radius 1 is 1.33 bits per heavy atom. The third-order valence-electron chi connectivity index (χ3n) is 3.08. The number of nitriles is 1. The summed E-state index contributed by atoms with van der Waals surface area (Å²) < 4.78 is 5.34. The van der Waals surface area contributed by atoms with E-state index < -0.39 is 0 Å². The van der Waals surface area contributed by atoms with Crippen molar-refractivity contribution >= 4 is 11.4 Å². The molecule has 1 atom stereocenters. The Morgan fingerprint density at radius 3 is 2.61 bits per heavy atom. The number of anilines is 2. The normalized spacial score (nSPS) is 17.0. The maximum absolute atomic E-state index is 8.72. The number of nitrogens with one attached hydrogen (secondary N) is 1. The summed E-state index contributed by atoms with van der Waals surface area (Å²) >= 11 is 0. The van der Waals surface area contributed by atoms with E-state index in [1.807, 2.05) is 6.92 Å². The van der Waals surface area contributed by atoms with E-state index in [9.17, 15) is 0 Å². The highest BCUT2D eigenvalue weighted by Gasteiger charge is 2.10. The molecule has 1 unspecified atom stereocenters. The molecular formula is C14H19N3O. The van der Waals surface area contributed by atoms with Crippen LogP contribution in [0.4, 0.5) is 11.4 Å². The fourth-order valence-electron chi connectivity index (χ4n) is 1.93. The second kappa shape index (κ2) is 6.27. The second-order valence-electron chi connectivity index (χ2n) is 4.56. The van der Waals surface area contributed by atoms with E-state index >= 15 is 0 Å². The SMILES string of the molecule is CC(C#N)CNc1ccc(N2CCOCC2)cc1. The molecule has 0 saturated carbocycles. The van der Waals surface area contributed by atoms with Gasteiger partial charge in [0.1, 0.15) is 0 Å². The molecule has 18 heavy (non-hydrogen) atoms. The van der Waals surface area contributed by atoms with Crippen molar-refractivity contribution in [1.29, 1.82) is 5.26 Å². The number of nitrogens with zero attached hydrogens (tertiary/aromatic N) is 2. The highest BCUT2D eigenvalue weighted by atomic mass is 16.5. The molecule has 0 radical (unpaired) electrons. The Bertz CT molecular complexity index is 404. The molecule has 4 heteroatoms. The monoisotopic (exact) mass is 245 g/mol. The summed E-state index contributed by atoms with van der Waals surface area (Å²) in [6.45, 7) is 6.12. The molecule has 2 rings (SSSR count). The van der Waals surface area contributed by atoms with Gasteiger partial charge < -0.3 is 15.0 Å². The quantitative estimate of drug-likeness (QED) is 0.882. The van der Waals surface area contributed by atoms with E-state index in [0.29, 0.717) is 6.54 Å². The number of hydrogen-bond acceptors (Lipinski definition) is 4. The van der Waals surface area contributed by atoms with Crippen LogP contribution >= 0.6 is 0 Å². The number of ether oxygens (including phenoxy) is 1. The first-order valence-corrected chi connectivity index (χ1v) is 6.36. The Hall–Kier alpha value is -1.73. The van der Waals surface area contributed by atoms with Crippen LogP contribution in [0, 0.1) is 17.2 Å². The van der Waals surface area contributed by atoms with Crippen molar-refractivity contribution in [3.63, 3.8) is 0 Å². The van der Waals surface area contributed by atoms with Crippen LogP contribution in [0.1, 0.15) is 6.92 Å². The molecule has 0 bridgehead atoms. The lowest BCUT2D eigenvalue weighted by Crippen LogP contribution is -2.36. The molecule has 0 amide bonds. The topological polar surface area (TPSA) is 48.3 Å². The maximum Gasteiger partial charge on any atom is 0.0671 e. The predicted molar refractivity (Wildman–Crippen MR) is 72.7 cm³/mol. The van der Waals surface area contributed by atoms with Gasteiger partial charge in [0.15, 0.2) is 0 Å². The standard InChI is InChI=1S/C14H19N3O/c1-12(10-15)11-16-13-2-4-14(5-3-13)17-6-8-18-9-7-17/h2-5,12,16H,6-9,11H2,1H3. The van der Waals surface area contributed by atoms with Crippen LogP contribution in [0.2, 0.25) is 0 Å². The van der Waals surface area contributed by atoms with Gasteiger partial charge >= 0.3 is 0 Å². The van der Waals surface area contributed by atoms with Crippen LogP contribution in [-0.2, 0) is 4.74 Å². The van der Waals surface area contributed by atoms with Gasteiger partial charge in [-0.25, -0.2) is 0 Å². The molecule has 1 N–H and O–H groups in total. The van der Waals surface area contributed by atoms with Crippen molar-refractivity contribution in [3.05, 3.63) is 24.3 Å². The third-order valence-corrected chi connectivity index (χ3v) is 3.08. The average Bonchev–Trinajstić information content (AvgIpc) is 2.46. The number of rotatable bonds is 4. The zero-order valence-electron chi connectivity index (χ0n) is 10.7. The van der Waals surface area contributed by atoms with Gasteiger partial charge in [0.25, 0.3) is 0 Å². The fraction of sp³-hybridized carbons (Fsp3) is 0.500. The molecule has 1 aromatic carbocycles. The summed E-state index contributed by atoms with van der Waals surface area (Å²) in [5.74, 6) is 0.0314. The Labute approximate surface area is 108 Å². The van der Waals surface area contributed by atoms with Gasteiger partial charge in [-0.05, 0) is 31.2 Å².